The maximum Gasteiger partial charge on any atom is 0.187 e. The van der Waals surface area contributed by atoms with Gasteiger partial charge in [-0.2, -0.15) is 0 Å². The molecule has 4 rings (SSSR count). The normalized spacial score (nSPS) is 11.5. The highest BCUT2D eigenvalue weighted by molar-refractivity contribution is 5.74. The molecule has 27 heavy (non-hydrogen) atoms. The smallest absolute Gasteiger partial charge is 0.187 e. The Balaban J connectivity index is 1.89. The number of fused-ring (bicyclic) bond motifs is 1. The zero-order valence-electron chi connectivity index (χ0n) is 15.8. The van der Waals surface area contributed by atoms with Gasteiger partial charge in [-0.1, -0.05) is 61.0 Å². The standard InChI is InChI=1S/C23H22N4/c1-4-18-7-5-6-8-20(18)25-26-23-22(19-12-9-16(2)10-13-19)24-21-14-11-17(3)15-27(21)23/h5-15H,4H2,1-3H3. The Morgan fingerprint density at radius 3 is 2.37 bits per heavy atom. The Kier molecular flexibility index (Phi) is 4.55. The third kappa shape index (κ3) is 3.38. The van der Waals surface area contributed by atoms with Gasteiger partial charge >= 0.3 is 0 Å². The molecule has 0 aliphatic carbocycles. The zero-order chi connectivity index (χ0) is 18.8. The first-order chi connectivity index (χ1) is 13.2. The fourth-order valence-electron chi connectivity index (χ4n) is 3.15. The summed E-state index contributed by atoms with van der Waals surface area (Å²) in [5.74, 6) is 0.753. The number of benzene rings is 2. The molecule has 4 aromatic rings. The summed E-state index contributed by atoms with van der Waals surface area (Å²) in [6, 6.07) is 20.6. The van der Waals surface area contributed by atoms with Crippen LogP contribution in [-0.4, -0.2) is 9.38 Å². The SMILES string of the molecule is CCc1ccccc1N=Nc1c(-c2ccc(C)cc2)nc2ccc(C)cn12. The van der Waals surface area contributed by atoms with Gasteiger partial charge in [0.25, 0.3) is 0 Å². The summed E-state index contributed by atoms with van der Waals surface area (Å²) < 4.78 is 2.02. The van der Waals surface area contributed by atoms with Crippen LogP contribution in [0.3, 0.4) is 0 Å². The Bertz CT molecular complexity index is 1120. The first kappa shape index (κ1) is 17.2. The number of aromatic nitrogens is 2. The second-order valence-corrected chi connectivity index (χ2v) is 6.77. The van der Waals surface area contributed by atoms with E-state index < -0.39 is 0 Å². The maximum absolute atomic E-state index is 4.82. The molecule has 0 radical (unpaired) electrons. The van der Waals surface area contributed by atoms with E-state index in [1.54, 1.807) is 0 Å². The third-order valence-corrected chi connectivity index (χ3v) is 4.69. The van der Waals surface area contributed by atoms with Crippen LogP contribution in [-0.2, 0) is 6.42 Å². The molecule has 0 spiro atoms. The molecule has 2 aromatic carbocycles. The van der Waals surface area contributed by atoms with Crippen LogP contribution in [0.5, 0.6) is 0 Å². The van der Waals surface area contributed by atoms with E-state index in [9.17, 15) is 0 Å². The summed E-state index contributed by atoms with van der Waals surface area (Å²) in [6.45, 7) is 6.28. The van der Waals surface area contributed by atoms with Crippen LogP contribution in [0, 0.1) is 13.8 Å². The molecule has 134 valence electrons. The Morgan fingerprint density at radius 2 is 1.59 bits per heavy atom. The van der Waals surface area contributed by atoms with Crippen molar-refractivity contribution in [3.8, 4) is 11.3 Å². The Hall–Kier alpha value is -3.27. The highest BCUT2D eigenvalue weighted by Gasteiger charge is 2.14. The number of aryl methyl sites for hydroxylation is 3. The number of pyridine rings is 1. The van der Waals surface area contributed by atoms with Gasteiger partial charge in [-0.15, -0.1) is 10.2 Å². The minimum Gasteiger partial charge on any atom is -0.282 e. The van der Waals surface area contributed by atoms with E-state index in [0.29, 0.717) is 0 Å². The van der Waals surface area contributed by atoms with Crippen molar-refractivity contribution in [1.29, 1.82) is 0 Å². The molecule has 0 aliphatic heterocycles. The van der Waals surface area contributed by atoms with Crippen LogP contribution in [0.1, 0.15) is 23.6 Å². The van der Waals surface area contributed by atoms with Crippen molar-refractivity contribution in [2.45, 2.75) is 27.2 Å². The highest BCUT2D eigenvalue weighted by atomic mass is 15.2. The Morgan fingerprint density at radius 1 is 0.852 bits per heavy atom. The van der Waals surface area contributed by atoms with Gasteiger partial charge in [0.05, 0.1) is 5.69 Å². The van der Waals surface area contributed by atoms with Crippen molar-refractivity contribution in [1.82, 2.24) is 9.38 Å². The number of rotatable bonds is 4. The number of imidazole rings is 1. The quantitative estimate of drug-likeness (QED) is 0.381. The lowest BCUT2D eigenvalue weighted by Crippen LogP contribution is -1.85. The summed E-state index contributed by atoms with van der Waals surface area (Å²) in [7, 11) is 0. The molecule has 0 saturated carbocycles. The molecule has 2 aromatic heterocycles. The van der Waals surface area contributed by atoms with Gasteiger partial charge in [-0.25, -0.2) is 4.98 Å². The topological polar surface area (TPSA) is 42.0 Å². The van der Waals surface area contributed by atoms with Crippen molar-refractivity contribution in [3.05, 3.63) is 83.6 Å². The fourth-order valence-corrected chi connectivity index (χ4v) is 3.15. The first-order valence-corrected chi connectivity index (χ1v) is 9.21. The summed E-state index contributed by atoms with van der Waals surface area (Å²) in [5.41, 5.74) is 7.21. The molecule has 0 unspecified atom stereocenters. The molecule has 0 saturated heterocycles. The van der Waals surface area contributed by atoms with Crippen LogP contribution in [0.4, 0.5) is 11.5 Å². The molecule has 0 fully saturated rings. The van der Waals surface area contributed by atoms with Crippen LogP contribution < -0.4 is 0 Å². The van der Waals surface area contributed by atoms with Gasteiger partial charge in [0.15, 0.2) is 5.82 Å². The second kappa shape index (κ2) is 7.16. The highest BCUT2D eigenvalue weighted by Crippen LogP contribution is 2.33. The van der Waals surface area contributed by atoms with E-state index in [-0.39, 0.29) is 0 Å². The lowest BCUT2D eigenvalue weighted by Gasteiger charge is -2.03. The van der Waals surface area contributed by atoms with Crippen molar-refractivity contribution in [2.24, 2.45) is 10.2 Å². The molecular formula is C23H22N4. The van der Waals surface area contributed by atoms with Gasteiger partial charge in [-0.3, -0.25) is 4.40 Å². The summed E-state index contributed by atoms with van der Waals surface area (Å²) in [4.78, 5) is 4.82. The number of hydrogen-bond donors (Lipinski definition) is 0. The summed E-state index contributed by atoms with van der Waals surface area (Å²) >= 11 is 0. The molecule has 0 N–H and O–H groups in total. The lowest BCUT2D eigenvalue weighted by atomic mass is 10.1. The van der Waals surface area contributed by atoms with Crippen LogP contribution in [0.15, 0.2) is 77.1 Å². The molecule has 2 heterocycles. The van der Waals surface area contributed by atoms with Crippen molar-refractivity contribution in [2.75, 3.05) is 0 Å². The number of azo groups is 1. The number of hydrogen-bond acceptors (Lipinski definition) is 3. The zero-order valence-corrected chi connectivity index (χ0v) is 15.8. The van der Waals surface area contributed by atoms with Crippen LogP contribution in [0.25, 0.3) is 16.9 Å². The Labute approximate surface area is 159 Å². The molecule has 4 heteroatoms. The predicted octanol–water partition coefficient (Wildman–Crippen LogP) is 6.60. The van der Waals surface area contributed by atoms with E-state index >= 15 is 0 Å². The monoisotopic (exact) mass is 354 g/mol. The molecule has 4 nitrogen and oxygen atoms in total. The molecule has 0 aliphatic rings. The van der Waals surface area contributed by atoms with Crippen LogP contribution >= 0.6 is 0 Å². The van der Waals surface area contributed by atoms with E-state index in [1.807, 2.05) is 28.7 Å². The summed E-state index contributed by atoms with van der Waals surface area (Å²) in [5, 5.41) is 9.21. The van der Waals surface area contributed by atoms with Gasteiger partial charge in [0, 0.05) is 11.8 Å². The first-order valence-electron chi connectivity index (χ1n) is 9.21. The van der Waals surface area contributed by atoms with Crippen molar-refractivity contribution < 1.29 is 0 Å². The van der Waals surface area contributed by atoms with E-state index in [0.717, 1.165) is 40.4 Å². The molecule has 0 bridgehead atoms. The summed E-state index contributed by atoms with van der Waals surface area (Å²) in [6.07, 6.45) is 2.98. The molecule has 0 amide bonds. The van der Waals surface area contributed by atoms with Gasteiger partial charge in [-0.05, 0) is 43.5 Å². The van der Waals surface area contributed by atoms with E-state index in [2.05, 4.69) is 73.6 Å². The second-order valence-electron chi connectivity index (χ2n) is 6.77. The van der Waals surface area contributed by atoms with E-state index in [4.69, 9.17) is 4.98 Å². The maximum atomic E-state index is 4.82. The lowest BCUT2D eigenvalue weighted by molar-refractivity contribution is 1.07. The average molecular weight is 354 g/mol. The van der Waals surface area contributed by atoms with E-state index in [1.165, 1.54) is 11.1 Å². The number of nitrogens with zero attached hydrogens (tertiary/aromatic N) is 4. The largest absolute Gasteiger partial charge is 0.282 e. The third-order valence-electron chi connectivity index (χ3n) is 4.69. The molecular weight excluding hydrogens is 332 g/mol. The van der Waals surface area contributed by atoms with Gasteiger partial charge in [0.2, 0.25) is 0 Å². The molecule has 0 atom stereocenters. The minimum atomic E-state index is 0.753. The fraction of sp³-hybridized carbons (Fsp3) is 0.174. The van der Waals surface area contributed by atoms with Crippen molar-refractivity contribution >= 4 is 17.2 Å². The van der Waals surface area contributed by atoms with Gasteiger partial charge in [0.1, 0.15) is 11.3 Å². The minimum absolute atomic E-state index is 0.753. The average Bonchev–Trinajstić information content (AvgIpc) is 3.04. The van der Waals surface area contributed by atoms with Crippen molar-refractivity contribution in [3.63, 3.8) is 0 Å². The van der Waals surface area contributed by atoms with Crippen LogP contribution in [0.2, 0.25) is 0 Å². The predicted molar refractivity (Wildman–Crippen MR) is 110 cm³/mol. The van der Waals surface area contributed by atoms with Gasteiger partial charge < -0.3 is 0 Å².